The number of rotatable bonds is 5. The molecule has 1 fully saturated rings. The van der Waals surface area contributed by atoms with E-state index < -0.39 is 12.1 Å². The fourth-order valence-corrected chi connectivity index (χ4v) is 2.96. The summed E-state index contributed by atoms with van der Waals surface area (Å²) in [6, 6.07) is 2.28. The Hall–Kier alpha value is -2.97. The maximum atomic E-state index is 12.2. The van der Waals surface area contributed by atoms with Crippen LogP contribution in [0.5, 0.6) is 17.2 Å². The zero-order chi connectivity index (χ0) is 18.8. The second kappa shape index (κ2) is 7.11. The number of urea groups is 1. The van der Waals surface area contributed by atoms with Crippen molar-refractivity contribution in [1.29, 1.82) is 0 Å². The van der Waals surface area contributed by atoms with Crippen LogP contribution >= 0.6 is 0 Å². The topological polar surface area (TPSA) is 97.4 Å². The van der Waals surface area contributed by atoms with Gasteiger partial charge < -0.3 is 24.4 Å². The number of imide groups is 1. The van der Waals surface area contributed by atoms with E-state index in [1.54, 1.807) is 12.1 Å². The first kappa shape index (κ1) is 17.8. The predicted octanol–water partition coefficient (Wildman–Crippen LogP) is 0.365. The Bertz CT molecular complexity index is 750. The van der Waals surface area contributed by atoms with Crippen LogP contribution in [-0.4, -0.2) is 68.1 Å². The van der Waals surface area contributed by atoms with Gasteiger partial charge in [0.2, 0.25) is 5.91 Å². The molecule has 1 atom stereocenters. The third-order valence-electron chi connectivity index (χ3n) is 4.47. The van der Waals surface area contributed by atoms with Crippen LogP contribution < -0.4 is 19.5 Å². The molecule has 0 aromatic heterocycles. The van der Waals surface area contributed by atoms with Gasteiger partial charge in [0, 0.05) is 32.3 Å². The third kappa shape index (κ3) is 3.24. The number of benzene rings is 1. The van der Waals surface area contributed by atoms with E-state index in [4.69, 9.17) is 14.2 Å². The highest BCUT2D eigenvalue weighted by molar-refractivity contribution is 6.05. The van der Waals surface area contributed by atoms with Gasteiger partial charge in [0.15, 0.2) is 11.5 Å². The van der Waals surface area contributed by atoms with Gasteiger partial charge in [0.1, 0.15) is 25.0 Å². The van der Waals surface area contributed by atoms with E-state index in [9.17, 15) is 14.4 Å². The second-order valence-electron chi connectivity index (χ2n) is 6.10. The highest BCUT2D eigenvalue weighted by atomic mass is 16.6. The van der Waals surface area contributed by atoms with Crippen molar-refractivity contribution in [2.45, 2.75) is 19.0 Å². The van der Waals surface area contributed by atoms with E-state index in [2.05, 4.69) is 5.32 Å². The minimum atomic E-state index is -0.783. The lowest BCUT2D eigenvalue weighted by Crippen LogP contribution is -2.37. The fourth-order valence-electron chi connectivity index (χ4n) is 2.96. The molecule has 3 rings (SSSR count). The lowest BCUT2D eigenvalue weighted by Gasteiger charge is -2.21. The zero-order valence-electron chi connectivity index (χ0n) is 14.9. The Labute approximate surface area is 150 Å². The lowest BCUT2D eigenvalue weighted by atomic mass is 10.1. The van der Waals surface area contributed by atoms with Gasteiger partial charge in [-0.2, -0.15) is 0 Å². The molecule has 1 aromatic carbocycles. The summed E-state index contributed by atoms with van der Waals surface area (Å²) in [7, 11) is 4.44. The van der Waals surface area contributed by atoms with Crippen molar-refractivity contribution in [3.05, 3.63) is 17.7 Å². The van der Waals surface area contributed by atoms with Gasteiger partial charge in [-0.1, -0.05) is 0 Å². The lowest BCUT2D eigenvalue weighted by molar-refractivity contribution is -0.131. The molecule has 0 radical (unpaired) electrons. The number of ether oxygens (including phenoxy) is 3. The van der Waals surface area contributed by atoms with Crippen molar-refractivity contribution < 1.29 is 28.6 Å². The molecule has 1 unspecified atom stereocenters. The molecular weight excluding hydrogens is 342 g/mol. The van der Waals surface area contributed by atoms with E-state index in [0.717, 1.165) is 10.5 Å². The summed E-state index contributed by atoms with van der Waals surface area (Å²) in [4.78, 5) is 38.3. The highest BCUT2D eigenvalue weighted by Gasteiger charge is 2.41. The number of nitrogens with one attached hydrogen (secondary N) is 1. The number of methoxy groups -OCH3 is 1. The van der Waals surface area contributed by atoms with Crippen LogP contribution in [0.25, 0.3) is 0 Å². The smallest absolute Gasteiger partial charge is 0.326 e. The van der Waals surface area contributed by atoms with Gasteiger partial charge in [-0.3, -0.25) is 14.5 Å². The van der Waals surface area contributed by atoms with Crippen LogP contribution in [0.1, 0.15) is 12.0 Å². The average Bonchev–Trinajstić information content (AvgIpc) is 2.83. The van der Waals surface area contributed by atoms with Gasteiger partial charge in [0.05, 0.1) is 13.5 Å². The van der Waals surface area contributed by atoms with Crippen molar-refractivity contribution in [3.8, 4) is 17.2 Å². The van der Waals surface area contributed by atoms with Crippen molar-refractivity contribution in [3.63, 3.8) is 0 Å². The van der Waals surface area contributed by atoms with Crippen molar-refractivity contribution >= 4 is 17.8 Å². The van der Waals surface area contributed by atoms with E-state index in [0.29, 0.717) is 30.5 Å². The fraction of sp³-hybridized carbons (Fsp3) is 0.471. The summed E-state index contributed by atoms with van der Waals surface area (Å²) < 4.78 is 16.4. The standard InChI is InChI=1S/C17H21N3O6/c1-19-11(16(22)20(2)17(19)23)7-15(21)18-9-10-6-13-14(8-12(10)24-3)26-5-4-25-13/h6,8,11H,4-5,7,9H2,1-3H3,(H,18,21). The second-order valence-corrected chi connectivity index (χ2v) is 6.10. The van der Waals surface area contributed by atoms with E-state index in [1.165, 1.54) is 26.1 Å². The van der Waals surface area contributed by atoms with Crippen LogP contribution in [0, 0.1) is 0 Å². The van der Waals surface area contributed by atoms with Gasteiger partial charge in [-0.05, 0) is 6.07 Å². The molecule has 2 aliphatic rings. The SMILES string of the molecule is COc1cc2c(cc1CNC(=O)CC1C(=O)N(C)C(=O)N1C)OCCO2. The first-order valence-corrected chi connectivity index (χ1v) is 8.20. The molecule has 0 saturated carbocycles. The highest BCUT2D eigenvalue weighted by Crippen LogP contribution is 2.36. The van der Waals surface area contributed by atoms with Crippen LogP contribution in [-0.2, 0) is 16.1 Å². The minimum Gasteiger partial charge on any atom is -0.496 e. The van der Waals surface area contributed by atoms with Crippen molar-refractivity contribution in [2.24, 2.45) is 0 Å². The summed E-state index contributed by atoms with van der Waals surface area (Å²) in [6.07, 6.45) is -0.0989. The van der Waals surface area contributed by atoms with E-state index in [1.807, 2.05) is 0 Å². The Morgan fingerprint density at radius 2 is 1.88 bits per heavy atom. The van der Waals surface area contributed by atoms with Crippen LogP contribution in [0.15, 0.2) is 12.1 Å². The van der Waals surface area contributed by atoms with E-state index in [-0.39, 0.29) is 24.8 Å². The number of amides is 4. The van der Waals surface area contributed by atoms with Crippen LogP contribution in [0.3, 0.4) is 0 Å². The predicted molar refractivity (Wildman–Crippen MR) is 90.2 cm³/mol. The molecule has 4 amide bonds. The molecule has 1 saturated heterocycles. The molecule has 0 bridgehead atoms. The number of fused-ring (bicyclic) bond motifs is 1. The summed E-state index contributed by atoms with van der Waals surface area (Å²) in [6.45, 7) is 1.14. The Morgan fingerprint density at radius 3 is 2.46 bits per heavy atom. The Kier molecular flexibility index (Phi) is 4.88. The summed E-state index contributed by atoms with van der Waals surface area (Å²) in [5.74, 6) is 1.04. The number of nitrogens with zero attached hydrogens (tertiary/aromatic N) is 2. The third-order valence-corrected chi connectivity index (χ3v) is 4.47. The number of carbonyl (C=O) groups is 3. The number of hydrogen-bond acceptors (Lipinski definition) is 6. The van der Waals surface area contributed by atoms with Gasteiger partial charge in [-0.25, -0.2) is 4.79 Å². The number of likely N-dealkylation sites (N-methyl/N-ethyl adjacent to an activating group) is 2. The Balaban J connectivity index is 1.64. The normalized spacial score (nSPS) is 19.0. The van der Waals surface area contributed by atoms with Crippen LogP contribution in [0.4, 0.5) is 4.79 Å². The minimum absolute atomic E-state index is 0.0989. The summed E-state index contributed by atoms with van der Waals surface area (Å²) >= 11 is 0. The molecule has 9 nitrogen and oxygen atoms in total. The van der Waals surface area contributed by atoms with Crippen LogP contribution in [0.2, 0.25) is 0 Å². The first-order valence-electron chi connectivity index (χ1n) is 8.20. The Morgan fingerprint density at radius 1 is 1.23 bits per heavy atom. The van der Waals surface area contributed by atoms with Gasteiger partial charge >= 0.3 is 6.03 Å². The summed E-state index contributed by atoms with van der Waals surface area (Å²) in [5.41, 5.74) is 0.726. The quantitative estimate of drug-likeness (QED) is 0.759. The van der Waals surface area contributed by atoms with Gasteiger partial charge in [-0.15, -0.1) is 0 Å². The molecule has 2 aliphatic heterocycles. The molecule has 1 aromatic rings. The maximum absolute atomic E-state index is 12.2. The largest absolute Gasteiger partial charge is 0.496 e. The molecule has 0 aliphatic carbocycles. The van der Waals surface area contributed by atoms with E-state index >= 15 is 0 Å². The number of carbonyl (C=O) groups excluding carboxylic acids is 3. The molecule has 26 heavy (non-hydrogen) atoms. The molecule has 1 N–H and O–H groups in total. The van der Waals surface area contributed by atoms with Crippen molar-refractivity contribution in [2.75, 3.05) is 34.4 Å². The molecule has 140 valence electrons. The molecule has 2 heterocycles. The first-order chi connectivity index (χ1) is 12.4. The number of hydrogen-bond donors (Lipinski definition) is 1. The maximum Gasteiger partial charge on any atom is 0.326 e. The average molecular weight is 363 g/mol. The summed E-state index contributed by atoms with van der Waals surface area (Å²) in [5, 5.41) is 2.75. The zero-order valence-corrected chi connectivity index (χ0v) is 14.9. The molecule has 0 spiro atoms. The molecule has 9 heteroatoms. The molecular formula is C17H21N3O6. The monoisotopic (exact) mass is 363 g/mol. The van der Waals surface area contributed by atoms with Gasteiger partial charge in [0.25, 0.3) is 5.91 Å². The van der Waals surface area contributed by atoms with Crippen molar-refractivity contribution in [1.82, 2.24) is 15.1 Å².